The van der Waals surface area contributed by atoms with Crippen molar-refractivity contribution in [3.8, 4) is 11.4 Å². The molecule has 0 aliphatic heterocycles. The molecule has 5 rings (SSSR count). The average Bonchev–Trinajstić information content (AvgIpc) is 3.42. The highest BCUT2D eigenvalue weighted by Gasteiger charge is 2.24. The first kappa shape index (κ1) is 21.4. The van der Waals surface area contributed by atoms with Crippen molar-refractivity contribution < 1.29 is 9.18 Å². The largest absolute Gasteiger partial charge is 0.328 e. The van der Waals surface area contributed by atoms with Crippen LogP contribution in [0, 0.1) is 5.82 Å². The molecular formula is C26H21FN6O. The number of fused-ring (bicyclic) bond motifs is 1. The van der Waals surface area contributed by atoms with Crippen LogP contribution in [0.15, 0.2) is 85.1 Å². The standard InChI is InChI=1S/C26H21FN6O/c1-17(19-9-11-23(27)12-10-19)33(16-18-5-4-7-21(13-18)25-29-31-32-30-25)26(34)22-14-20-6-2-3-8-24(20)28-15-22/h2-15,17H,16H2,1H3,(H,29,30,31,32)/t17-/m1/s1. The lowest BCUT2D eigenvalue weighted by Crippen LogP contribution is -2.33. The van der Waals surface area contributed by atoms with Crippen molar-refractivity contribution in [2.75, 3.05) is 0 Å². The average molecular weight is 452 g/mol. The summed E-state index contributed by atoms with van der Waals surface area (Å²) in [4.78, 5) is 20.0. The number of hydrogen-bond donors (Lipinski definition) is 1. The van der Waals surface area contributed by atoms with Crippen LogP contribution in [0.2, 0.25) is 0 Å². The fraction of sp³-hybridized carbons (Fsp3) is 0.115. The van der Waals surface area contributed by atoms with E-state index in [1.54, 1.807) is 23.2 Å². The summed E-state index contributed by atoms with van der Waals surface area (Å²) in [6, 6.07) is 23.1. The van der Waals surface area contributed by atoms with Gasteiger partial charge in [0, 0.05) is 23.7 Å². The zero-order chi connectivity index (χ0) is 23.5. The molecule has 0 bridgehead atoms. The van der Waals surface area contributed by atoms with Gasteiger partial charge in [0.1, 0.15) is 5.82 Å². The second-order valence-electron chi connectivity index (χ2n) is 8.01. The highest BCUT2D eigenvalue weighted by molar-refractivity contribution is 5.97. The fourth-order valence-corrected chi connectivity index (χ4v) is 3.95. The van der Waals surface area contributed by atoms with Gasteiger partial charge in [-0.15, -0.1) is 10.2 Å². The molecule has 7 nitrogen and oxygen atoms in total. The molecule has 2 aromatic heterocycles. The summed E-state index contributed by atoms with van der Waals surface area (Å²) < 4.78 is 13.5. The molecule has 0 saturated heterocycles. The molecule has 3 aromatic carbocycles. The molecule has 0 aliphatic carbocycles. The van der Waals surface area contributed by atoms with Gasteiger partial charge in [0.15, 0.2) is 0 Å². The maximum absolute atomic E-state index is 13.8. The Morgan fingerprint density at radius 3 is 2.65 bits per heavy atom. The highest BCUT2D eigenvalue weighted by atomic mass is 19.1. The number of hydrogen-bond acceptors (Lipinski definition) is 5. The second-order valence-corrected chi connectivity index (χ2v) is 8.01. The summed E-state index contributed by atoms with van der Waals surface area (Å²) >= 11 is 0. The molecule has 1 amide bonds. The van der Waals surface area contributed by atoms with E-state index >= 15 is 0 Å². The Labute approximate surface area is 195 Å². The Morgan fingerprint density at radius 2 is 1.85 bits per heavy atom. The van der Waals surface area contributed by atoms with Crippen molar-refractivity contribution in [1.82, 2.24) is 30.5 Å². The number of nitrogens with one attached hydrogen (secondary N) is 1. The number of aromatic nitrogens is 5. The third-order valence-corrected chi connectivity index (χ3v) is 5.80. The van der Waals surface area contributed by atoms with Gasteiger partial charge < -0.3 is 4.90 Å². The van der Waals surface area contributed by atoms with Crippen molar-refractivity contribution >= 4 is 16.8 Å². The molecule has 0 aliphatic rings. The lowest BCUT2D eigenvalue weighted by Gasteiger charge is -2.30. The minimum absolute atomic E-state index is 0.167. The summed E-state index contributed by atoms with van der Waals surface area (Å²) in [7, 11) is 0. The van der Waals surface area contributed by atoms with Crippen LogP contribution in [-0.4, -0.2) is 36.4 Å². The van der Waals surface area contributed by atoms with Crippen molar-refractivity contribution in [1.29, 1.82) is 0 Å². The third-order valence-electron chi connectivity index (χ3n) is 5.80. The molecule has 2 heterocycles. The molecule has 0 unspecified atom stereocenters. The second kappa shape index (κ2) is 9.19. The summed E-state index contributed by atoms with van der Waals surface area (Å²) in [6.45, 7) is 2.26. The third kappa shape index (κ3) is 4.38. The maximum Gasteiger partial charge on any atom is 0.256 e. The van der Waals surface area contributed by atoms with Gasteiger partial charge >= 0.3 is 0 Å². The van der Waals surface area contributed by atoms with Gasteiger partial charge in [-0.25, -0.2) is 4.39 Å². The van der Waals surface area contributed by atoms with Crippen LogP contribution in [0.1, 0.15) is 34.5 Å². The normalized spacial score (nSPS) is 11.9. The number of aromatic amines is 1. The maximum atomic E-state index is 13.8. The van der Waals surface area contributed by atoms with E-state index in [1.165, 1.54) is 12.1 Å². The zero-order valence-electron chi connectivity index (χ0n) is 18.4. The number of tetrazole rings is 1. The van der Waals surface area contributed by atoms with Gasteiger partial charge in [-0.1, -0.05) is 48.5 Å². The molecular weight excluding hydrogens is 431 g/mol. The Morgan fingerprint density at radius 1 is 1.03 bits per heavy atom. The summed E-state index contributed by atoms with van der Waals surface area (Å²) in [5, 5.41) is 15.0. The quantitative estimate of drug-likeness (QED) is 0.394. The predicted octanol–water partition coefficient (Wildman–Crippen LogP) is 4.96. The van der Waals surface area contributed by atoms with Gasteiger partial charge in [-0.3, -0.25) is 9.78 Å². The monoisotopic (exact) mass is 452 g/mol. The van der Waals surface area contributed by atoms with Gasteiger partial charge in [0.25, 0.3) is 5.91 Å². The molecule has 8 heteroatoms. The van der Waals surface area contributed by atoms with Gasteiger partial charge in [-0.05, 0) is 53.6 Å². The molecule has 0 spiro atoms. The van der Waals surface area contributed by atoms with E-state index in [4.69, 9.17) is 0 Å². The molecule has 1 N–H and O–H groups in total. The topological polar surface area (TPSA) is 87.7 Å². The lowest BCUT2D eigenvalue weighted by molar-refractivity contribution is 0.0674. The smallest absolute Gasteiger partial charge is 0.256 e. The SMILES string of the molecule is C[C@H](c1ccc(F)cc1)N(Cc1cccc(-c2nn[nH]n2)c1)C(=O)c1cnc2ccccc2c1. The predicted molar refractivity (Wildman–Crippen MR) is 126 cm³/mol. The number of rotatable bonds is 6. The van der Waals surface area contributed by atoms with Crippen LogP contribution >= 0.6 is 0 Å². The highest BCUT2D eigenvalue weighted by Crippen LogP contribution is 2.27. The number of halogens is 1. The van der Waals surface area contributed by atoms with Crippen LogP contribution in [0.25, 0.3) is 22.3 Å². The van der Waals surface area contributed by atoms with E-state index in [1.807, 2.05) is 61.5 Å². The molecule has 0 radical (unpaired) electrons. The minimum atomic E-state index is -0.319. The van der Waals surface area contributed by atoms with E-state index < -0.39 is 0 Å². The van der Waals surface area contributed by atoms with Crippen LogP contribution < -0.4 is 0 Å². The Balaban J connectivity index is 1.52. The zero-order valence-corrected chi connectivity index (χ0v) is 18.4. The molecule has 0 saturated carbocycles. The van der Waals surface area contributed by atoms with Crippen molar-refractivity contribution in [3.63, 3.8) is 0 Å². The molecule has 0 fully saturated rings. The van der Waals surface area contributed by atoms with Crippen LogP contribution in [0.3, 0.4) is 0 Å². The number of para-hydroxylation sites is 1. The lowest BCUT2D eigenvalue weighted by atomic mass is 10.0. The summed E-state index contributed by atoms with van der Waals surface area (Å²) in [5.74, 6) is -0.00884. The van der Waals surface area contributed by atoms with E-state index in [0.717, 1.165) is 27.6 Å². The number of H-pyrrole nitrogens is 1. The molecule has 168 valence electrons. The van der Waals surface area contributed by atoms with E-state index in [0.29, 0.717) is 17.9 Å². The summed E-state index contributed by atoms with van der Waals surface area (Å²) in [6.07, 6.45) is 1.60. The first-order valence-electron chi connectivity index (χ1n) is 10.8. The van der Waals surface area contributed by atoms with Crippen LogP contribution in [-0.2, 0) is 6.54 Å². The number of carbonyl (C=O) groups excluding carboxylic acids is 1. The number of carbonyl (C=O) groups is 1. The first-order chi connectivity index (χ1) is 16.6. The van der Waals surface area contributed by atoms with Crippen molar-refractivity contribution in [3.05, 3.63) is 108 Å². The van der Waals surface area contributed by atoms with Gasteiger partial charge in [-0.2, -0.15) is 5.21 Å². The van der Waals surface area contributed by atoms with Crippen LogP contribution in [0.5, 0.6) is 0 Å². The molecule has 5 aromatic rings. The van der Waals surface area contributed by atoms with Crippen LogP contribution in [0.4, 0.5) is 4.39 Å². The minimum Gasteiger partial charge on any atom is -0.328 e. The number of benzene rings is 3. The van der Waals surface area contributed by atoms with Crippen molar-refractivity contribution in [2.45, 2.75) is 19.5 Å². The summed E-state index contributed by atoms with van der Waals surface area (Å²) in [5.41, 5.74) is 3.84. The first-order valence-corrected chi connectivity index (χ1v) is 10.8. The van der Waals surface area contributed by atoms with E-state index in [2.05, 4.69) is 25.6 Å². The fourth-order valence-electron chi connectivity index (χ4n) is 3.95. The van der Waals surface area contributed by atoms with Gasteiger partial charge in [0.2, 0.25) is 5.82 Å². The van der Waals surface area contributed by atoms with E-state index in [-0.39, 0.29) is 17.8 Å². The Bertz CT molecular complexity index is 1440. The Hall–Kier alpha value is -4.46. The number of amides is 1. The molecule has 1 atom stereocenters. The molecule has 34 heavy (non-hydrogen) atoms. The number of pyridine rings is 1. The van der Waals surface area contributed by atoms with E-state index in [9.17, 15) is 9.18 Å². The van der Waals surface area contributed by atoms with Crippen molar-refractivity contribution in [2.24, 2.45) is 0 Å². The van der Waals surface area contributed by atoms with Gasteiger partial charge in [0.05, 0.1) is 17.1 Å². The Kier molecular flexibility index (Phi) is 5.78. The number of nitrogens with zero attached hydrogens (tertiary/aromatic N) is 5.